The van der Waals surface area contributed by atoms with E-state index in [0.717, 1.165) is 25.3 Å². The molecule has 0 aromatic carbocycles. The highest BCUT2D eigenvalue weighted by atomic mass is 16.5. The predicted octanol–water partition coefficient (Wildman–Crippen LogP) is 3.24. The fourth-order valence-electron chi connectivity index (χ4n) is 2.30. The van der Waals surface area contributed by atoms with Crippen molar-refractivity contribution in [3.8, 4) is 0 Å². The van der Waals surface area contributed by atoms with Crippen molar-refractivity contribution in [2.24, 2.45) is 0 Å². The van der Waals surface area contributed by atoms with Crippen molar-refractivity contribution < 1.29 is 9.15 Å². The first-order chi connectivity index (χ1) is 8.40. The van der Waals surface area contributed by atoms with Gasteiger partial charge in [0.2, 0.25) is 0 Å². The van der Waals surface area contributed by atoms with Crippen LogP contribution in [0.15, 0.2) is 16.7 Å². The average molecular weight is 237 g/mol. The summed E-state index contributed by atoms with van der Waals surface area (Å²) in [5.41, 5.74) is 1.23. The molecule has 17 heavy (non-hydrogen) atoms. The van der Waals surface area contributed by atoms with E-state index in [0.29, 0.717) is 12.7 Å². The van der Waals surface area contributed by atoms with Crippen LogP contribution >= 0.6 is 0 Å². The smallest absolute Gasteiger partial charge is 0.133 e. The average Bonchev–Trinajstić information content (AvgIpc) is 2.97. The van der Waals surface area contributed by atoms with Crippen LogP contribution in [0.2, 0.25) is 0 Å². The van der Waals surface area contributed by atoms with E-state index in [1.165, 1.54) is 31.2 Å². The zero-order valence-corrected chi connectivity index (χ0v) is 10.7. The topological polar surface area (TPSA) is 34.4 Å². The van der Waals surface area contributed by atoms with Crippen LogP contribution in [0, 0.1) is 0 Å². The zero-order valence-electron chi connectivity index (χ0n) is 10.7. The molecule has 1 N–H and O–H groups in total. The van der Waals surface area contributed by atoms with E-state index in [4.69, 9.17) is 9.15 Å². The summed E-state index contributed by atoms with van der Waals surface area (Å²) in [6.07, 6.45) is 8.43. The van der Waals surface area contributed by atoms with Gasteiger partial charge in [0.05, 0.1) is 12.4 Å². The van der Waals surface area contributed by atoms with Crippen LogP contribution in [0.25, 0.3) is 0 Å². The molecule has 0 spiro atoms. The van der Waals surface area contributed by atoms with E-state index < -0.39 is 0 Å². The van der Waals surface area contributed by atoms with E-state index in [1.54, 1.807) is 6.26 Å². The first kappa shape index (κ1) is 12.7. The summed E-state index contributed by atoms with van der Waals surface area (Å²) in [5.74, 6) is 0.987. The van der Waals surface area contributed by atoms with E-state index in [2.05, 4.69) is 12.2 Å². The van der Waals surface area contributed by atoms with E-state index in [-0.39, 0.29) is 0 Å². The van der Waals surface area contributed by atoms with Crippen LogP contribution in [-0.2, 0) is 17.9 Å². The zero-order chi connectivity index (χ0) is 11.9. The second-order valence-corrected chi connectivity index (χ2v) is 4.76. The Morgan fingerprint density at radius 3 is 3.00 bits per heavy atom. The lowest BCUT2D eigenvalue weighted by Crippen LogP contribution is -2.15. The molecule has 1 heterocycles. The van der Waals surface area contributed by atoms with Crippen LogP contribution in [0.3, 0.4) is 0 Å². The lowest BCUT2D eigenvalue weighted by molar-refractivity contribution is 0.0352. The van der Waals surface area contributed by atoms with Gasteiger partial charge in [-0.2, -0.15) is 0 Å². The normalized spacial score (nSPS) is 16.8. The Hall–Kier alpha value is -0.800. The number of rotatable bonds is 7. The fourth-order valence-corrected chi connectivity index (χ4v) is 2.30. The molecule has 2 rings (SSSR count). The third kappa shape index (κ3) is 3.86. The highest BCUT2D eigenvalue weighted by molar-refractivity contribution is 5.16. The Labute approximate surface area is 104 Å². The molecule has 3 nitrogen and oxygen atoms in total. The van der Waals surface area contributed by atoms with Crippen molar-refractivity contribution in [2.75, 3.05) is 6.54 Å². The van der Waals surface area contributed by atoms with Gasteiger partial charge in [-0.15, -0.1) is 0 Å². The van der Waals surface area contributed by atoms with Crippen molar-refractivity contribution in [2.45, 2.75) is 58.3 Å². The number of nitrogens with one attached hydrogen (secondary N) is 1. The van der Waals surface area contributed by atoms with Gasteiger partial charge in [0.1, 0.15) is 12.4 Å². The Kier molecular flexibility index (Phi) is 5.08. The van der Waals surface area contributed by atoms with Crippen molar-refractivity contribution in [3.05, 3.63) is 23.7 Å². The monoisotopic (exact) mass is 237 g/mol. The molecule has 0 bridgehead atoms. The molecule has 3 heteroatoms. The molecule has 0 atom stereocenters. The third-order valence-corrected chi connectivity index (χ3v) is 3.33. The van der Waals surface area contributed by atoms with Gasteiger partial charge in [-0.3, -0.25) is 0 Å². The largest absolute Gasteiger partial charge is 0.467 e. The Morgan fingerprint density at radius 2 is 2.24 bits per heavy atom. The Balaban J connectivity index is 1.76. The molecule has 1 aromatic rings. The third-order valence-electron chi connectivity index (χ3n) is 3.33. The lowest BCUT2D eigenvalue weighted by atomic mass is 10.2. The first-order valence-corrected chi connectivity index (χ1v) is 6.77. The second kappa shape index (κ2) is 6.82. The molecular weight excluding hydrogens is 214 g/mol. The summed E-state index contributed by atoms with van der Waals surface area (Å²) in [5, 5.41) is 3.39. The standard InChI is InChI=1S/C14H23NO2/c1-2-8-15-10-12-7-9-16-14(12)11-17-13-5-3-4-6-13/h7,9,13,15H,2-6,8,10-11H2,1H3. The van der Waals surface area contributed by atoms with Crippen molar-refractivity contribution >= 4 is 0 Å². The maximum atomic E-state index is 5.87. The summed E-state index contributed by atoms with van der Waals surface area (Å²) in [6.45, 7) is 4.73. The van der Waals surface area contributed by atoms with Crippen molar-refractivity contribution in [1.29, 1.82) is 0 Å². The summed E-state index contributed by atoms with van der Waals surface area (Å²) in [6, 6.07) is 2.04. The summed E-state index contributed by atoms with van der Waals surface area (Å²) >= 11 is 0. The number of ether oxygens (including phenoxy) is 1. The minimum absolute atomic E-state index is 0.455. The van der Waals surface area contributed by atoms with Crippen molar-refractivity contribution in [3.63, 3.8) is 0 Å². The van der Waals surface area contributed by atoms with Crippen molar-refractivity contribution in [1.82, 2.24) is 5.32 Å². The summed E-state index contributed by atoms with van der Waals surface area (Å²) < 4.78 is 11.4. The highest BCUT2D eigenvalue weighted by Gasteiger charge is 2.16. The predicted molar refractivity (Wildman–Crippen MR) is 67.8 cm³/mol. The van der Waals surface area contributed by atoms with Crippen LogP contribution < -0.4 is 5.32 Å². The van der Waals surface area contributed by atoms with Gasteiger partial charge in [-0.25, -0.2) is 0 Å². The molecule has 0 aliphatic heterocycles. The number of hydrogen-bond acceptors (Lipinski definition) is 3. The van der Waals surface area contributed by atoms with Crippen LogP contribution in [-0.4, -0.2) is 12.6 Å². The van der Waals surface area contributed by atoms with E-state index in [9.17, 15) is 0 Å². The SMILES string of the molecule is CCCNCc1ccoc1COC1CCCC1. The molecule has 1 saturated carbocycles. The molecule has 96 valence electrons. The summed E-state index contributed by atoms with van der Waals surface area (Å²) in [4.78, 5) is 0. The second-order valence-electron chi connectivity index (χ2n) is 4.76. The van der Waals surface area contributed by atoms with Gasteiger partial charge in [0.15, 0.2) is 0 Å². The van der Waals surface area contributed by atoms with E-state index >= 15 is 0 Å². The lowest BCUT2D eigenvalue weighted by Gasteiger charge is -2.10. The molecule has 0 saturated heterocycles. The van der Waals surface area contributed by atoms with Gasteiger partial charge in [0, 0.05) is 12.1 Å². The molecule has 0 unspecified atom stereocenters. The van der Waals surface area contributed by atoms with Crippen LogP contribution in [0.5, 0.6) is 0 Å². The van der Waals surface area contributed by atoms with Crippen LogP contribution in [0.4, 0.5) is 0 Å². The molecule has 1 fully saturated rings. The number of furan rings is 1. The minimum atomic E-state index is 0.455. The maximum absolute atomic E-state index is 5.87. The van der Waals surface area contributed by atoms with Gasteiger partial charge < -0.3 is 14.5 Å². The molecular formula is C14H23NO2. The molecule has 1 aliphatic rings. The van der Waals surface area contributed by atoms with Gasteiger partial charge in [-0.05, 0) is 31.9 Å². The van der Waals surface area contributed by atoms with Gasteiger partial charge in [-0.1, -0.05) is 19.8 Å². The van der Waals surface area contributed by atoms with E-state index in [1.807, 2.05) is 6.07 Å². The van der Waals surface area contributed by atoms with Gasteiger partial charge in [0.25, 0.3) is 0 Å². The maximum Gasteiger partial charge on any atom is 0.133 e. The molecule has 1 aliphatic carbocycles. The minimum Gasteiger partial charge on any atom is -0.467 e. The molecule has 0 radical (unpaired) electrons. The molecule has 0 amide bonds. The number of hydrogen-bond donors (Lipinski definition) is 1. The first-order valence-electron chi connectivity index (χ1n) is 6.77. The highest BCUT2D eigenvalue weighted by Crippen LogP contribution is 2.23. The Bertz CT molecular complexity index is 316. The summed E-state index contributed by atoms with van der Waals surface area (Å²) in [7, 11) is 0. The molecule has 1 aromatic heterocycles. The van der Waals surface area contributed by atoms with Crippen LogP contribution in [0.1, 0.15) is 50.4 Å². The fraction of sp³-hybridized carbons (Fsp3) is 0.714. The Morgan fingerprint density at radius 1 is 1.41 bits per heavy atom. The van der Waals surface area contributed by atoms with Gasteiger partial charge >= 0.3 is 0 Å². The quantitative estimate of drug-likeness (QED) is 0.739.